The minimum Gasteiger partial charge on any atom is -0.497 e. The third kappa shape index (κ3) is 4.58. The Kier molecular flexibility index (Phi) is 5.72. The molecule has 2 rings (SSSR count). The van der Waals surface area contributed by atoms with Crippen molar-refractivity contribution in [3.05, 3.63) is 59.7 Å². The lowest BCUT2D eigenvalue weighted by atomic mass is 10.2. The maximum absolute atomic E-state index is 12.0. The van der Waals surface area contributed by atoms with Crippen molar-refractivity contribution in [1.82, 2.24) is 5.43 Å². The normalized spacial score (nSPS) is 10.1. The summed E-state index contributed by atoms with van der Waals surface area (Å²) in [5, 5.41) is 12.5. The summed E-state index contributed by atoms with van der Waals surface area (Å²) in [7, 11) is 1.54. The molecule has 116 valence electrons. The summed E-state index contributed by atoms with van der Waals surface area (Å²) in [6.45, 7) is -0.0545. The van der Waals surface area contributed by atoms with Crippen LogP contribution < -0.4 is 14.9 Å². The van der Waals surface area contributed by atoms with E-state index in [2.05, 4.69) is 10.5 Å². The number of rotatable bonds is 6. The average Bonchev–Trinajstić information content (AvgIpc) is 2.60. The van der Waals surface area contributed by atoms with Crippen LogP contribution in [0, 0.1) is 11.3 Å². The van der Waals surface area contributed by atoms with Crippen molar-refractivity contribution in [3.8, 4) is 17.6 Å². The van der Waals surface area contributed by atoms with Crippen molar-refractivity contribution in [1.29, 1.82) is 5.26 Å². The number of carbonyl (C=O) groups is 1. The van der Waals surface area contributed by atoms with Gasteiger partial charge in [-0.1, -0.05) is 18.2 Å². The van der Waals surface area contributed by atoms with E-state index >= 15 is 0 Å². The number of ether oxygens (including phenoxy) is 2. The number of para-hydroxylation sites is 1. The number of carbonyl (C=O) groups excluding carboxylic acids is 1. The van der Waals surface area contributed by atoms with Crippen LogP contribution in [0.15, 0.2) is 53.6 Å². The van der Waals surface area contributed by atoms with Crippen LogP contribution in [0.25, 0.3) is 0 Å². The van der Waals surface area contributed by atoms with Crippen LogP contribution in [0.2, 0.25) is 0 Å². The number of hydrazone groups is 1. The highest BCUT2D eigenvalue weighted by molar-refractivity contribution is 5.95. The molecule has 0 aromatic heterocycles. The number of nitrogens with one attached hydrogen (secondary N) is 1. The van der Waals surface area contributed by atoms with E-state index in [9.17, 15) is 4.79 Å². The summed E-state index contributed by atoms with van der Waals surface area (Å²) in [6.07, 6.45) is 1.46. The molecule has 0 atom stereocenters. The molecule has 0 saturated heterocycles. The monoisotopic (exact) mass is 309 g/mol. The first-order valence-electron chi connectivity index (χ1n) is 6.81. The molecule has 6 nitrogen and oxygen atoms in total. The van der Waals surface area contributed by atoms with E-state index < -0.39 is 0 Å². The van der Waals surface area contributed by atoms with Gasteiger partial charge in [-0.25, -0.2) is 5.43 Å². The molecule has 2 aromatic carbocycles. The zero-order chi connectivity index (χ0) is 16.5. The van der Waals surface area contributed by atoms with Crippen molar-refractivity contribution < 1.29 is 14.3 Å². The first-order chi connectivity index (χ1) is 11.2. The summed E-state index contributed by atoms with van der Waals surface area (Å²) < 4.78 is 10.3. The van der Waals surface area contributed by atoms with Crippen molar-refractivity contribution in [2.24, 2.45) is 5.10 Å². The predicted molar refractivity (Wildman–Crippen MR) is 85.6 cm³/mol. The molecule has 0 unspecified atom stereocenters. The summed E-state index contributed by atoms with van der Waals surface area (Å²) in [6, 6.07) is 15.8. The van der Waals surface area contributed by atoms with E-state index in [0.717, 1.165) is 0 Å². The van der Waals surface area contributed by atoms with Crippen LogP contribution in [0.3, 0.4) is 0 Å². The van der Waals surface area contributed by atoms with Crippen LogP contribution in [0.5, 0.6) is 11.5 Å². The van der Waals surface area contributed by atoms with Gasteiger partial charge in [0.2, 0.25) is 0 Å². The lowest BCUT2D eigenvalue weighted by Crippen LogP contribution is -2.17. The number of methoxy groups -OCH3 is 1. The van der Waals surface area contributed by atoms with E-state index in [1.807, 2.05) is 12.1 Å². The number of amides is 1. The Labute approximate surface area is 134 Å². The quantitative estimate of drug-likeness (QED) is 0.656. The molecule has 0 aliphatic rings. The zero-order valence-corrected chi connectivity index (χ0v) is 12.5. The second kappa shape index (κ2) is 8.20. The van der Waals surface area contributed by atoms with Crippen LogP contribution in [-0.2, 0) is 0 Å². The summed E-state index contributed by atoms with van der Waals surface area (Å²) in [5.74, 6) is 0.765. The molecule has 0 aliphatic heterocycles. The van der Waals surface area contributed by atoms with Crippen molar-refractivity contribution >= 4 is 12.1 Å². The molecule has 0 aliphatic carbocycles. The number of nitrogens with zero attached hydrogens (tertiary/aromatic N) is 2. The minimum absolute atomic E-state index is 0.0545. The van der Waals surface area contributed by atoms with Gasteiger partial charge in [0.1, 0.15) is 17.6 Å². The highest BCUT2D eigenvalue weighted by atomic mass is 16.5. The van der Waals surface area contributed by atoms with Crippen LogP contribution in [0.1, 0.15) is 15.9 Å². The van der Waals surface area contributed by atoms with Crippen molar-refractivity contribution in [2.75, 3.05) is 13.7 Å². The van der Waals surface area contributed by atoms with Gasteiger partial charge in [-0.05, 0) is 30.3 Å². The SMILES string of the molecule is COc1cccc(C(=O)N/N=C\c2ccccc2OCC#N)c1. The molecule has 0 bridgehead atoms. The Balaban J connectivity index is 2.04. The van der Waals surface area contributed by atoms with Gasteiger partial charge in [-0.3, -0.25) is 4.79 Å². The lowest BCUT2D eigenvalue weighted by Gasteiger charge is -2.05. The first kappa shape index (κ1) is 16.0. The molecule has 0 radical (unpaired) electrons. The van der Waals surface area contributed by atoms with Gasteiger partial charge >= 0.3 is 0 Å². The van der Waals surface area contributed by atoms with Gasteiger partial charge in [0.15, 0.2) is 6.61 Å². The molecular weight excluding hydrogens is 294 g/mol. The average molecular weight is 309 g/mol. The van der Waals surface area contributed by atoms with Crippen LogP contribution >= 0.6 is 0 Å². The molecule has 2 aromatic rings. The third-order valence-electron chi connectivity index (χ3n) is 2.91. The second-order valence-electron chi connectivity index (χ2n) is 4.42. The molecule has 6 heteroatoms. The molecular formula is C17H15N3O3. The Morgan fingerprint density at radius 1 is 1.30 bits per heavy atom. The van der Waals surface area contributed by atoms with E-state index in [1.165, 1.54) is 13.3 Å². The standard InChI is InChI=1S/C17H15N3O3/c1-22-15-7-4-6-13(11-15)17(21)20-19-12-14-5-2-3-8-16(14)23-10-9-18/h2-8,11-12H,10H2,1H3,(H,20,21)/b19-12-. The fourth-order valence-corrected chi connectivity index (χ4v) is 1.82. The topological polar surface area (TPSA) is 83.7 Å². The van der Waals surface area contributed by atoms with Crippen molar-refractivity contribution in [2.45, 2.75) is 0 Å². The van der Waals surface area contributed by atoms with E-state index in [-0.39, 0.29) is 12.5 Å². The Bertz CT molecular complexity index is 751. The van der Waals surface area contributed by atoms with E-state index in [4.69, 9.17) is 14.7 Å². The summed E-state index contributed by atoms with van der Waals surface area (Å²) >= 11 is 0. The minimum atomic E-state index is -0.351. The lowest BCUT2D eigenvalue weighted by molar-refractivity contribution is 0.0955. The number of benzene rings is 2. The van der Waals surface area contributed by atoms with Gasteiger partial charge in [-0.15, -0.1) is 0 Å². The Hall–Kier alpha value is -3.33. The number of hydrogen-bond donors (Lipinski definition) is 1. The smallest absolute Gasteiger partial charge is 0.271 e. The summed E-state index contributed by atoms with van der Waals surface area (Å²) in [4.78, 5) is 12.0. The van der Waals surface area contributed by atoms with Crippen molar-refractivity contribution in [3.63, 3.8) is 0 Å². The van der Waals surface area contributed by atoms with Crippen LogP contribution in [0.4, 0.5) is 0 Å². The molecule has 0 heterocycles. The van der Waals surface area contributed by atoms with Gasteiger partial charge in [0, 0.05) is 11.1 Å². The zero-order valence-electron chi connectivity index (χ0n) is 12.5. The predicted octanol–water partition coefficient (Wildman–Crippen LogP) is 2.36. The van der Waals surface area contributed by atoms with Gasteiger partial charge in [0.25, 0.3) is 5.91 Å². The molecule has 0 spiro atoms. The second-order valence-corrected chi connectivity index (χ2v) is 4.42. The molecule has 1 N–H and O–H groups in total. The third-order valence-corrected chi connectivity index (χ3v) is 2.91. The van der Waals surface area contributed by atoms with E-state index in [1.54, 1.807) is 42.5 Å². The number of nitriles is 1. The largest absolute Gasteiger partial charge is 0.497 e. The maximum atomic E-state index is 12.0. The number of hydrogen-bond acceptors (Lipinski definition) is 5. The highest BCUT2D eigenvalue weighted by Crippen LogP contribution is 2.15. The van der Waals surface area contributed by atoms with E-state index in [0.29, 0.717) is 22.6 Å². The molecule has 23 heavy (non-hydrogen) atoms. The van der Waals surface area contributed by atoms with Gasteiger partial charge in [-0.2, -0.15) is 10.4 Å². The molecule has 0 saturated carbocycles. The fraction of sp³-hybridized carbons (Fsp3) is 0.118. The van der Waals surface area contributed by atoms with Gasteiger partial charge < -0.3 is 9.47 Å². The maximum Gasteiger partial charge on any atom is 0.271 e. The molecule has 0 fully saturated rings. The fourth-order valence-electron chi connectivity index (χ4n) is 1.82. The summed E-state index contributed by atoms with van der Waals surface area (Å²) in [5.41, 5.74) is 3.54. The first-order valence-corrected chi connectivity index (χ1v) is 6.81. The molecule has 1 amide bonds. The van der Waals surface area contributed by atoms with Crippen LogP contribution in [-0.4, -0.2) is 25.8 Å². The Morgan fingerprint density at radius 3 is 2.91 bits per heavy atom. The highest BCUT2D eigenvalue weighted by Gasteiger charge is 2.05. The Morgan fingerprint density at radius 2 is 2.13 bits per heavy atom. The van der Waals surface area contributed by atoms with Gasteiger partial charge in [0.05, 0.1) is 13.3 Å².